The van der Waals surface area contributed by atoms with Crippen molar-refractivity contribution in [1.29, 1.82) is 0 Å². The highest BCUT2D eigenvalue weighted by molar-refractivity contribution is 6.04. The second kappa shape index (κ2) is 9.75. The van der Waals surface area contributed by atoms with Gasteiger partial charge in [0.25, 0.3) is 11.8 Å². The number of hydrogen-bond acceptors (Lipinski definition) is 5. The minimum atomic E-state index is -0.977. The second-order valence-corrected chi connectivity index (χ2v) is 6.93. The molecule has 0 saturated carbocycles. The normalized spacial score (nSPS) is 11.5. The van der Waals surface area contributed by atoms with Crippen LogP contribution in [-0.2, 0) is 9.53 Å². The number of furan rings is 1. The molecule has 1 aromatic heterocycles. The number of nitrogens with one attached hydrogen (secondary N) is 1. The molecule has 0 unspecified atom stereocenters. The fraction of sp³-hybridized carbons (Fsp3) is 0.208. The van der Waals surface area contributed by atoms with E-state index in [1.807, 2.05) is 37.3 Å². The highest BCUT2D eigenvalue weighted by Crippen LogP contribution is 2.20. The Hall–Kier alpha value is -3.87. The summed E-state index contributed by atoms with van der Waals surface area (Å²) in [5, 5.41) is 2.72. The average Bonchev–Trinajstić information content (AvgIpc) is 3.31. The largest absolute Gasteiger partial charge is 0.459 e. The molecule has 1 N–H and O–H groups in total. The average molecular weight is 420 g/mol. The molecule has 0 saturated heterocycles. The topological polar surface area (TPSA) is 88.9 Å². The summed E-state index contributed by atoms with van der Waals surface area (Å²) in [7, 11) is 0. The fourth-order valence-electron chi connectivity index (χ4n) is 3.05. The molecule has 0 fully saturated rings. The fourth-order valence-corrected chi connectivity index (χ4v) is 3.05. The molecular formula is C24H24N2O5. The van der Waals surface area contributed by atoms with Crippen molar-refractivity contribution >= 4 is 29.2 Å². The van der Waals surface area contributed by atoms with Crippen LogP contribution in [0.15, 0.2) is 71.3 Å². The Morgan fingerprint density at radius 2 is 1.81 bits per heavy atom. The van der Waals surface area contributed by atoms with Crippen molar-refractivity contribution in [2.75, 3.05) is 16.8 Å². The van der Waals surface area contributed by atoms with Crippen molar-refractivity contribution in [2.45, 2.75) is 26.9 Å². The van der Waals surface area contributed by atoms with E-state index in [4.69, 9.17) is 9.15 Å². The molecular weight excluding hydrogens is 396 g/mol. The maximum absolute atomic E-state index is 12.8. The third-order valence-corrected chi connectivity index (χ3v) is 4.75. The van der Waals surface area contributed by atoms with Crippen molar-refractivity contribution in [2.24, 2.45) is 0 Å². The predicted molar refractivity (Wildman–Crippen MR) is 117 cm³/mol. The molecule has 0 spiro atoms. The summed E-state index contributed by atoms with van der Waals surface area (Å²) in [6.45, 7) is 5.64. The summed E-state index contributed by atoms with van der Waals surface area (Å²) in [5.74, 6) is -1.24. The van der Waals surface area contributed by atoms with Gasteiger partial charge in [0, 0.05) is 17.9 Å². The van der Waals surface area contributed by atoms with Gasteiger partial charge in [-0.15, -0.1) is 0 Å². The van der Waals surface area contributed by atoms with Crippen molar-refractivity contribution in [1.82, 2.24) is 0 Å². The third-order valence-electron chi connectivity index (χ3n) is 4.75. The summed E-state index contributed by atoms with van der Waals surface area (Å²) < 4.78 is 10.5. The highest BCUT2D eigenvalue weighted by Gasteiger charge is 2.25. The minimum absolute atomic E-state index is 0.159. The second-order valence-electron chi connectivity index (χ2n) is 6.93. The quantitative estimate of drug-likeness (QED) is 0.571. The maximum Gasteiger partial charge on any atom is 0.338 e. The summed E-state index contributed by atoms with van der Waals surface area (Å²) >= 11 is 0. The Kier molecular flexibility index (Phi) is 6.87. The van der Waals surface area contributed by atoms with Crippen LogP contribution in [0.4, 0.5) is 11.4 Å². The zero-order chi connectivity index (χ0) is 22.4. The number of ether oxygens (including phenoxy) is 1. The van der Waals surface area contributed by atoms with Gasteiger partial charge in [-0.2, -0.15) is 0 Å². The number of likely N-dealkylation sites (N-methyl/N-ethyl adjacent to an activating group) is 1. The SMILES string of the molecule is CCN(C(=O)[C@H](C)OC(=O)c1ccc(C)c(NC(=O)c2ccco2)c1)c1ccccc1. The van der Waals surface area contributed by atoms with Crippen molar-refractivity contribution in [3.63, 3.8) is 0 Å². The number of amides is 2. The van der Waals surface area contributed by atoms with Crippen LogP contribution in [0.1, 0.15) is 40.3 Å². The molecule has 160 valence electrons. The van der Waals surface area contributed by atoms with Gasteiger partial charge in [0.15, 0.2) is 11.9 Å². The Morgan fingerprint density at radius 1 is 1.06 bits per heavy atom. The van der Waals surface area contributed by atoms with Gasteiger partial charge in [-0.1, -0.05) is 24.3 Å². The molecule has 3 rings (SSSR count). The van der Waals surface area contributed by atoms with Crippen LogP contribution in [0.5, 0.6) is 0 Å². The van der Waals surface area contributed by atoms with E-state index in [1.54, 1.807) is 43.0 Å². The van der Waals surface area contributed by atoms with Gasteiger partial charge in [-0.25, -0.2) is 4.79 Å². The van der Waals surface area contributed by atoms with Gasteiger partial charge < -0.3 is 19.4 Å². The Bertz CT molecular complexity index is 1060. The van der Waals surface area contributed by atoms with Gasteiger partial charge in [-0.05, 0) is 62.7 Å². The number of rotatable bonds is 7. The number of para-hydroxylation sites is 1. The molecule has 3 aromatic rings. The Morgan fingerprint density at radius 3 is 2.45 bits per heavy atom. The number of esters is 1. The molecule has 1 atom stereocenters. The van der Waals surface area contributed by atoms with Crippen LogP contribution in [0, 0.1) is 6.92 Å². The van der Waals surface area contributed by atoms with E-state index in [1.165, 1.54) is 12.3 Å². The van der Waals surface area contributed by atoms with Gasteiger partial charge in [0.1, 0.15) is 0 Å². The number of anilines is 2. The maximum atomic E-state index is 12.8. The van der Waals surface area contributed by atoms with E-state index < -0.39 is 18.0 Å². The first-order valence-corrected chi connectivity index (χ1v) is 9.93. The van der Waals surface area contributed by atoms with E-state index in [2.05, 4.69) is 5.32 Å². The number of carbonyl (C=O) groups is 3. The first-order chi connectivity index (χ1) is 14.9. The molecule has 2 aromatic carbocycles. The molecule has 0 aliphatic rings. The van der Waals surface area contributed by atoms with E-state index in [-0.39, 0.29) is 17.2 Å². The van der Waals surface area contributed by atoms with Crippen LogP contribution in [0.25, 0.3) is 0 Å². The number of nitrogens with zero attached hydrogens (tertiary/aromatic N) is 1. The highest BCUT2D eigenvalue weighted by atomic mass is 16.5. The summed E-state index contributed by atoms with van der Waals surface area (Å²) in [6, 6.07) is 17.2. The zero-order valence-electron chi connectivity index (χ0n) is 17.6. The van der Waals surface area contributed by atoms with Crippen LogP contribution in [0.3, 0.4) is 0 Å². The number of aryl methyl sites for hydroxylation is 1. The van der Waals surface area contributed by atoms with Gasteiger partial charge in [0.2, 0.25) is 0 Å². The van der Waals surface area contributed by atoms with Crippen molar-refractivity contribution in [3.05, 3.63) is 83.8 Å². The van der Waals surface area contributed by atoms with Gasteiger partial charge in [0.05, 0.1) is 11.8 Å². The summed E-state index contributed by atoms with van der Waals surface area (Å²) in [6.07, 6.45) is 0.429. The van der Waals surface area contributed by atoms with Crippen molar-refractivity contribution in [3.8, 4) is 0 Å². The third kappa shape index (κ3) is 5.19. The monoisotopic (exact) mass is 420 g/mol. The minimum Gasteiger partial charge on any atom is -0.459 e. The van der Waals surface area contributed by atoms with Crippen LogP contribution < -0.4 is 10.2 Å². The molecule has 2 amide bonds. The molecule has 1 heterocycles. The van der Waals surface area contributed by atoms with Crippen molar-refractivity contribution < 1.29 is 23.5 Å². The van der Waals surface area contributed by atoms with Gasteiger partial charge in [-0.3, -0.25) is 9.59 Å². The number of benzene rings is 2. The van der Waals surface area contributed by atoms with Crippen LogP contribution in [-0.4, -0.2) is 30.4 Å². The van der Waals surface area contributed by atoms with Crippen LogP contribution >= 0.6 is 0 Å². The first-order valence-electron chi connectivity index (χ1n) is 9.93. The van der Waals surface area contributed by atoms with E-state index in [9.17, 15) is 14.4 Å². The number of hydrogen-bond donors (Lipinski definition) is 1. The first kappa shape index (κ1) is 21.8. The summed E-state index contributed by atoms with van der Waals surface area (Å²) in [5.41, 5.74) is 2.18. The molecule has 0 bridgehead atoms. The van der Waals surface area contributed by atoms with E-state index in [0.717, 1.165) is 11.3 Å². The van der Waals surface area contributed by atoms with E-state index >= 15 is 0 Å². The zero-order valence-corrected chi connectivity index (χ0v) is 17.6. The molecule has 0 aliphatic carbocycles. The number of carbonyl (C=O) groups excluding carboxylic acids is 3. The Balaban J connectivity index is 1.71. The molecule has 7 heteroatoms. The van der Waals surface area contributed by atoms with E-state index in [0.29, 0.717) is 12.2 Å². The smallest absolute Gasteiger partial charge is 0.338 e. The lowest BCUT2D eigenvalue weighted by Gasteiger charge is -2.24. The lowest BCUT2D eigenvalue weighted by Crippen LogP contribution is -2.40. The predicted octanol–water partition coefficient (Wildman–Crippen LogP) is 4.44. The molecule has 7 nitrogen and oxygen atoms in total. The Labute approximate surface area is 180 Å². The molecule has 0 radical (unpaired) electrons. The van der Waals surface area contributed by atoms with Crippen LogP contribution in [0.2, 0.25) is 0 Å². The lowest BCUT2D eigenvalue weighted by molar-refractivity contribution is -0.126. The summed E-state index contributed by atoms with van der Waals surface area (Å²) in [4.78, 5) is 39.3. The molecule has 31 heavy (non-hydrogen) atoms. The standard InChI is InChI=1S/C24H24N2O5/c1-4-26(19-9-6-5-7-10-19)23(28)17(3)31-24(29)18-13-12-16(2)20(15-18)25-22(27)21-11-8-14-30-21/h5-15,17H,4H2,1-3H3,(H,25,27)/t17-/m0/s1. The lowest BCUT2D eigenvalue weighted by atomic mass is 10.1. The van der Waals surface area contributed by atoms with Gasteiger partial charge >= 0.3 is 5.97 Å². The molecule has 0 aliphatic heterocycles.